The summed E-state index contributed by atoms with van der Waals surface area (Å²) in [4.78, 5) is 13.3. The van der Waals surface area contributed by atoms with Crippen molar-refractivity contribution in [2.24, 2.45) is 5.84 Å². The molecular weight excluding hydrogens is 264 g/mol. The van der Waals surface area contributed by atoms with Gasteiger partial charge in [0.05, 0.1) is 11.7 Å². The predicted molar refractivity (Wildman–Crippen MR) is 84.8 cm³/mol. The molecule has 0 amide bonds. The molecule has 0 saturated heterocycles. The maximum atomic E-state index is 5.49. The SMILES string of the molecule is CC(Nc1cc(NN)nc(C(C)(C)C)n1)c1ccccn1. The number of hydrazine groups is 1. The highest BCUT2D eigenvalue weighted by atomic mass is 15.3. The van der Waals surface area contributed by atoms with Crippen LogP contribution in [0.2, 0.25) is 0 Å². The topological polar surface area (TPSA) is 88.8 Å². The van der Waals surface area contributed by atoms with Gasteiger partial charge < -0.3 is 10.7 Å². The zero-order valence-corrected chi connectivity index (χ0v) is 12.9. The van der Waals surface area contributed by atoms with Crippen molar-refractivity contribution in [3.05, 3.63) is 42.0 Å². The molecule has 0 aromatic carbocycles. The number of pyridine rings is 1. The Morgan fingerprint density at radius 1 is 1.14 bits per heavy atom. The fourth-order valence-electron chi connectivity index (χ4n) is 1.86. The number of rotatable bonds is 4. The molecule has 0 spiro atoms. The second-order valence-electron chi connectivity index (χ2n) is 5.98. The molecule has 1 atom stereocenters. The number of nitrogens with zero attached hydrogens (tertiary/aromatic N) is 3. The van der Waals surface area contributed by atoms with Crippen LogP contribution in [0.15, 0.2) is 30.5 Å². The van der Waals surface area contributed by atoms with E-state index in [4.69, 9.17) is 5.84 Å². The lowest BCUT2D eigenvalue weighted by molar-refractivity contribution is 0.546. The molecule has 2 aromatic rings. The molecule has 0 aliphatic rings. The van der Waals surface area contributed by atoms with Crippen LogP contribution < -0.4 is 16.6 Å². The van der Waals surface area contributed by atoms with Gasteiger partial charge in [0.25, 0.3) is 0 Å². The molecule has 112 valence electrons. The van der Waals surface area contributed by atoms with Crippen molar-refractivity contribution in [2.45, 2.75) is 39.2 Å². The number of nitrogens with one attached hydrogen (secondary N) is 2. The second kappa shape index (κ2) is 6.05. The van der Waals surface area contributed by atoms with Gasteiger partial charge in [-0.1, -0.05) is 26.8 Å². The molecule has 6 nitrogen and oxygen atoms in total. The Balaban J connectivity index is 2.27. The lowest BCUT2D eigenvalue weighted by Gasteiger charge is -2.20. The van der Waals surface area contributed by atoms with Crippen molar-refractivity contribution in [3.8, 4) is 0 Å². The molecular formula is C15H22N6. The van der Waals surface area contributed by atoms with Crippen molar-refractivity contribution in [1.82, 2.24) is 15.0 Å². The molecule has 0 radical (unpaired) electrons. The summed E-state index contributed by atoms with van der Waals surface area (Å²) >= 11 is 0. The van der Waals surface area contributed by atoms with E-state index in [-0.39, 0.29) is 11.5 Å². The Hall–Kier alpha value is -2.21. The zero-order valence-electron chi connectivity index (χ0n) is 12.9. The van der Waals surface area contributed by atoms with Gasteiger partial charge in [-0.15, -0.1) is 0 Å². The Morgan fingerprint density at radius 3 is 2.43 bits per heavy atom. The monoisotopic (exact) mass is 286 g/mol. The molecule has 0 saturated carbocycles. The van der Waals surface area contributed by atoms with Crippen LogP contribution in [0.3, 0.4) is 0 Å². The van der Waals surface area contributed by atoms with Crippen molar-refractivity contribution < 1.29 is 0 Å². The lowest BCUT2D eigenvalue weighted by atomic mass is 9.96. The number of anilines is 2. The van der Waals surface area contributed by atoms with Crippen LogP contribution in [0.4, 0.5) is 11.6 Å². The van der Waals surface area contributed by atoms with E-state index in [0.29, 0.717) is 5.82 Å². The summed E-state index contributed by atoms with van der Waals surface area (Å²) in [5.74, 6) is 7.53. The minimum atomic E-state index is -0.155. The van der Waals surface area contributed by atoms with Gasteiger partial charge in [0.1, 0.15) is 17.5 Å². The molecule has 0 fully saturated rings. The van der Waals surface area contributed by atoms with Crippen LogP contribution >= 0.6 is 0 Å². The Morgan fingerprint density at radius 2 is 1.86 bits per heavy atom. The van der Waals surface area contributed by atoms with E-state index in [1.165, 1.54) is 0 Å². The Bertz CT molecular complexity index is 591. The number of hydrogen-bond acceptors (Lipinski definition) is 6. The Labute approximate surface area is 125 Å². The number of nitrogen functional groups attached to an aromatic ring is 1. The molecule has 21 heavy (non-hydrogen) atoms. The first-order chi connectivity index (χ1) is 9.90. The van der Waals surface area contributed by atoms with Crippen molar-refractivity contribution in [1.29, 1.82) is 0 Å². The maximum absolute atomic E-state index is 5.49. The standard InChI is InChI=1S/C15H22N6/c1-10(11-7-5-6-8-17-11)18-12-9-13(21-16)20-14(19-12)15(2,3)4/h5-10H,16H2,1-4H3,(H2,18,19,20,21). The first-order valence-corrected chi connectivity index (χ1v) is 6.94. The van der Waals surface area contributed by atoms with Crippen molar-refractivity contribution >= 4 is 11.6 Å². The molecule has 6 heteroatoms. The first-order valence-electron chi connectivity index (χ1n) is 6.94. The molecule has 1 unspecified atom stereocenters. The molecule has 2 rings (SSSR count). The van der Waals surface area contributed by atoms with Crippen molar-refractivity contribution in [3.63, 3.8) is 0 Å². The number of hydrogen-bond donors (Lipinski definition) is 3. The lowest BCUT2D eigenvalue weighted by Crippen LogP contribution is -2.20. The third-order valence-electron chi connectivity index (χ3n) is 3.04. The summed E-state index contributed by atoms with van der Waals surface area (Å²) in [6, 6.07) is 7.67. The van der Waals surface area contributed by atoms with Crippen LogP contribution in [0.1, 0.15) is 45.3 Å². The summed E-state index contributed by atoms with van der Waals surface area (Å²) in [5, 5.41) is 3.34. The van der Waals surface area contributed by atoms with E-state index in [9.17, 15) is 0 Å². The number of nitrogens with two attached hydrogens (primary N) is 1. The minimum Gasteiger partial charge on any atom is -0.362 e. The largest absolute Gasteiger partial charge is 0.362 e. The molecule has 4 N–H and O–H groups in total. The molecule has 0 aliphatic carbocycles. The van der Waals surface area contributed by atoms with E-state index in [1.807, 2.05) is 25.1 Å². The summed E-state index contributed by atoms with van der Waals surface area (Å²) in [6.45, 7) is 8.23. The number of aromatic nitrogens is 3. The molecule has 0 aliphatic heterocycles. The highest BCUT2D eigenvalue weighted by molar-refractivity contribution is 5.48. The molecule has 2 heterocycles. The van der Waals surface area contributed by atoms with E-state index in [0.717, 1.165) is 17.3 Å². The van der Waals surface area contributed by atoms with Crippen LogP contribution in [-0.4, -0.2) is 15.0 Å². The minimum absolute atomic E-state index is 0.0412. The smallest absolute Gasteiger partial charge is 0.145 e. The van der Waals surface area contributed by atoms with Crippen LogP contribution in [0, 0.1) is 0 Å². The molecule has 0 bridgehead atoms. The predicted octanol–water partition coefficient (Wildman–Crippen LogP) is 2.63. The van der Waals surface area contributed by atoms with E-state index in [1.54, 1.807) is 12.3 Å². The van der Waals surface area contributed by atoms with Gasteiger partial charge in [-0.2, -0.15) is 0 Å². The first kappa shape index (κ1) is 15.2. The Kier molecular flexibility index (Phi) is 4.37. The zero-order chi connectivity index (χ0) is 15.5. The summed E-state index contributed by atoms with van der Waals surface area (Å²) in [6.07, 6.45) is 1.78. The van der Waals surface area contributed by atoms with E-state index >= 15 is 0 Å². The van der Waals surface area contributed by atoms with E-state index < -0.39 is 0 Å². The van der Waals surface area contributed by atoms with E-state index in [2.05, 4.69) is 46.5 Å². The van der Waals surface area contributed by atoms with Crippen LogP contribution in [0.5, 0.6) is 0 Å². The average Bonchev–Trinajstić information content (AvgIpc) is 2.46. The van der Waals surface area contributed by atoms with Gasteiger partial charge in [0.15, 0.2) is 0 Å². The van der Waals surface area contributed by atoms with Crippen LogP contribution in [0.25, 0.3) is 0 Å². The third kappa shape index (κ3) is 3.88. The van der Waals surface area contributed by atoms with Gasteiger partial charge >= 0.3 is 0 Å². The highest BCUT2D eigenvalue weighted by Crippen LogP contribution is 2.24. The average molecular weight is 286 g/mol. The summed E-state index contributed by atoms with van der Waals surface area (Å²) in [7, 11) is 0. The second-order valence-corrected chi connectivity index (χ2v) is 5.98. The fourth-order valence-corrected chi connectivity index (χ4v) is 1.86. The van der Waals surface area contributed by atoms with Crippen molar-refractivity contribution in [2.75, 3.05) is 10.7 Å². The van der Waals surface area contributed by atoms with Gasteiger partial charge in [0, 0.05) is 17.7 Å². The van der Waals surface area contributed by atoms with Gasteiger partial charge in [-0.3, -0.25) is 4.98 Å². The van der Waals surface area contributed by atoms with Gasteiger partial charge in [-0.05, 0) is 19.1 Å². The van der Waals surface area contributed by atoms with Crippen LogP contribution in [-0.2, 0) is 5.41 Å². The quantitative estimate of drug-likeness (QED) is 0.591. The highest BCUT2D eigenvalue weighted by Gasteiger charge is 2.19. The summed E-state index contributed by atoms with van der Waals surface area (Å²) in [5.41, 5.74) is 3.39. The van der Waals surface area contributed by atoms with Gasteiger partial charge in [-0.25, -0.2) is 15.8 Å². The fraction of sp³-hybridized carbons (Fsp3) is 0.400. The molecule has 2 aromatic heterocycles. The normalized spacial score (nSPS) is 12.8. The summed E-state index contributed by atoms with van der Waals surface area (Å²) < 4.78 is 0. The third-order valence-corrected chi connectivity index (χ3v) is 3.04. The maximum Gasteiger partial charge on any atom is 0.145 e. The van der Waals surface area contributed by atoms with Gasteiger partial charge in [0.2, 0.25) is 0 Å².